The van der Waals surface area contributed by atoms with E-state index in [9.17, 15) is 0 Å². The fraction of sp³-hybridized carbons (Fsp3) is 0.667. The molecule has 3 heteroatoms. The van der Waals surface area contributed by atoms with E-state index in [1.165, 1.54) is 63.0 Å². The van der Waals surface area contributed by atoms with E-state index in [1.807, 2.05) is 0 Å². The SMILES string of the molecule is c1cc(N2CCCCCC2)ncc1[C@@H]1CCCN1. The standard InChI is InChI=1S/C15H23N3/c1-2-4-11-18(10-3-1)15-8-7-13(12-17-15)14-6-5-9-16-14/h7-8,12,14,16H,1-6,9-11H2/t14-/m0/s1. The van der Waals surface area contributed by atoms with Gasteiger partial charge in [0.25, 0.3) is 0 Å². The maximum Gasteiger partial charge on any atom is 0.128 e. The Morgan fingerprint density at radius 1 is 1.06 bits per heavy atom. The van der Waals surface area contributed by atoms with E-state index in [0.29, 0.717) is 6.04 Å². The molecule has 3 nitrogen and oxygen atoms in total. The van der Waals surface area contributed by atoms with Crippen LogP contribution in [0.15, 0.2) is 18.3 Å². The zero-order valence-corrected chi connectivity index (χ0v) is 11.1. The van der Waals surface area contributed by atoms with Crippen LogP contribution in [0, 0.1) is 0 Å². The smallest absolute Gasteiger partial charge is 0.128 e. The second-order valence-corrected chi connectivity index (χ2v) is 5.50. The molecular weight excluding hydrogens is 222 g/mol. The first-order chi connectivity index (χ1) is 8.93. The third-order valence-corrected chi connectivity index (χ3v) is 4.16. The van der Waals surface area contributed by atoms with Crippen molar-refractivity contribution in [1.29, 1.82) is 0 Å². The number of rotatable bonds is 2. The molecule has 0 aliphatic carbocycles. The average molecular weight is 245 g/mol. The Labute approximate surface area is 110 Å². The van der Waals surface area contributed by atoms with E-state index in [2.05, 4.69) is 33.5 Å². The van der Waals surface area contributed by atoms with Crippen molar-refractivity contribution in [3.8, 4) is 0 Å². The number of pyridine rings is 1. The number of nitrogens with one attached hydrogen (secondary N) is 1. The van der Waals surface area contributed by atoms with Crippen molar-refractivity contribution < 1.29 is 0 Å². The van der Waals surface area contributed by atoms with E-state index in [-0.39, 0.29) is 0 Å². The van der Waals surface area contributed by atoms with E-state index in [1.54, 1.807) is 0 Å². The van der Waals surface area contributed by atoms with Gasteiger partial charge in [-0.2, -0.15) is 0 Å². The van der Waals surface area contributed by atoms with Crippen LogP contribution in [0.25, 0.3) is 0 Å². The van der Waals surface area contributed by atoms with Crippen molar-refractivity contribution in [2.75, 3.05) is 24.5 Å². The molecule has 0 saturated carbocycles. The molecule has 0 spiro atoms. The zero-order chi connectivity index (χ0) is 12.2. The fourth-order valence-electron chi connectivity index (χ4n) is 3.06. The number of hydrogen-bond donors (Lipinski definition) is 1. The number of nitrogens with zero attached hydrogens (tertiary/aromatic N) is 2. The fourth-order valence-corrected chi connectivity index (χ4v) is 3.06. The van der Waals surface area contributed by atoms with Gasteiger partial charge in [-0.15, -0.1) is 0 Å². The minimum absolute atomic E-state index is 0.538. The van der Waals surface area contributed by atoms with Gasteiger partial charge in [0.05, 0.1) is 0 Å². The summed E-state index contributed by atoms with van der Waals surface area (Å²) < 4.78 is 0. The van der Waals surface area contributed by atoms with Crippen LogP contribution >= 0.6 is 0 Å². The molecule has 0 unspecified atom stereocenters. The molecule has 3 rings (SSSR count). The Balaban J connectivity index is 1.69. The topological polar surface area (TPSA) is 28.2 Å². The maximum atomic E-state index is 4.67. The predicted octanol–water partition coefficient (Wildman–Crippen LogP) is 2.89. The summed E-state index contributed by atoms with van der Waals surface area (Å²) in [6.45, 7) is 3.50. The highest BCUT2D eigenvalue weighted by Gasteiger charge is 2.17. The molecule has 98 valence electrons. The maximum absolute atomic E-state index is 4.67. The van der Waals surface area contributed by atoms with Crippen LogP contribution in [0.2, 0.25) is 0 Å². The lowest BCUT2D eigenvalue weighted by Crippen LogP contribution is -2.25. The van der Waals surface area contributed by atoms with Crippen LogP contribution in [0.3, 0.4) is 0 Å². The van der Waals surface area contributed by atoms with Gasteiger partial charge in [-0.05, 0) is 43.9 Å². The predicted molar refractivity (Wildman–Crippen MR) is 74.9 cm³/mol. The molecule has 2 aliphatic heterocycles. The zero-order valence-electron chi connectivity index (χ0n) is 11.1. The van der Waals surface area contributed by atoms with Gasteiger partial charge in [-0.1, -0.05) is 18.9 Å². The summed E-state index contributed by atoms with van der Waals surface area (Å²) >= 11 is 0. The normalized spacial score (nSPS) is 25.1. The van der Waals surface area contributed by atoms with Crippen LogP contribution in [-0.4, -0.2) is 24.6 Å². The van der Waals surface area contributed by atoms with E-state index in [4.69, 9.17) is 0 Å². The van der Waals surface area contributed by atoms with Crippen molar-refractivity contribution in [2.45, 2.75) is 44.6 Å². The van der Waals surface area contributed by atoms with Crippen LogP contribution in [0.1, 0.15) is 50.1 Å². The Hall–Kier alpha value is -1.09. The largest absolute Gasteiger partial charge is 0.357 e. The summed E-state index contributed by atoms with van der Waals surface area (Å²) in [5, 5.41) is 3.53. The quantitative estimate of drug-likeness (QED) is 0.868. The van der Waals surface area contributed by atoms with E-state index in [0.717, 1.165) is 6.54 Å². The Morgan fingerprint density at radius 3 is 2.50 bits per heavy atom. The molecular formula is C15H23N3. The monoisotopic (exact) mass is 245 g/mol. The van der Waals surface area contributed by atoms with Gasteiger partial charge in [-0.25, -0.2) is 4.98 Å². The van der Waals surface area contributed by atoms with Crippen molar-refractivity contribution >= 4 is 5.82 Å². The second kappa shape index (κ2) is 5.70. The second-order valence-electron chi connectivity index (χ2n) is 5.50. The van der Waals surface area contributed by atoms with Gasteiger partial charge in [-0.3, -0.25) is 0 Å². The summed E-state index contributed by atoms with van der Waals surface area (Å²) in [5.74, 6) is 1.17. The highest BCUT2D eigenvalue weighted by Crippen LogP contribution is 2.24. The highest BCUT2D eigenvalue weighted by atomic mass is 15.2. The average Bonchev–Trinajstić information content (AvgIpc) is 2.82. The van der Waals surface area contributed by atoms with Crippen LogP contribution < -0.4 is 10.2 Å². The molecule has 1 aromatic heterocycles. The lowest BCUT2D eigenvalue weighted by molar-refractivity contribution is 0.644. The number of hydrogen-bond acceptors (Lipinski definition) is 3. The summed E-state index contributed by atoms with van der Waals surface area (Å²) in [6, 6.07) is 5.01. The van der Waals surface area contributed by atoms with E-state index >= 15 is 0 Å². The molecule has 3 heterocycles. The van der Waals surface area contributed by atoms with Gasteiger partial charge in [0, 0.05) is 25.3 Å². The Bertz CT molecular complexity index is 360. The third kappa shape index (κ3) is 2.66. The molecule has 1 aromatic rings. The minimum atomic E-state index is 0.538. The molecule has 2 saturated heterocycles. The first kappa shape index (κ1) is 12.0. The molecule has 1 atom stereocenters. The van der Waals surface area contributed by atoms with Crippen molar-refractivity contribution in [1.82, 2.24) is 10.3 Å². The molecule has 2 fully saturated rings. The Kier molecular flexibility index (Phi) is 3.79. The lowest BCUT2D eigenvalue weighted by atomic mass is 10.1. The molecule has 0 bridgehead atoms. The number of anilines is 1. The first-order valence-electron chi connectivity index (χ1n) is 7.38. The number of aromatic nitrogens is 1. The van der Waals surface area contributed by atoms with Crippen LogP contribution in [0.5, 0.6) is 0 Å². The minimum Gasteiger partial charge on any atom is -0.357 e. The van der Waals surface area contributed by atoms with Crippen molar-refractivity contribution in [3.05, 3.63) is 23.9 Å². The summed E-state index contributed by atoms with van der Waals surface area (Å²) in [5.41, 5.74) is 1.35. The van der Waals surface area contributed by atoms with Gasteiger partial charge in [0.2, 0.25) is 0 Å². The summed E-state index contributed by atoms with van der Waals surface area (Å²) in [6.07, 6.45) is 9.99. The van der Waals surface area contributed by atoms with Gasteiger partial charge in [0.15, 0.2) is 0 Å². The molecule has 2 aliphatic rings. The van der Waals surface area contributed by atoms with Gasteiger partial charge >= 0.3 is 0 Å². The lowest BCUT2D eigenvalue weighted by Gasteiger charge is -2.22. The van der Waals surface area contributed by atoms with Crippen molar-refractivity contribution in [3.63, 3.8) is 0 Å². The van der Waals surface area contributed by atoms with Gasteiger partial charge < -0.3 is 10.2 Å². The summed E-state index contributed by atoms with van der Waals surface area (Å²) in [7, 11) is 0. The Morgan fingerprint density at radius 2 is 1.89 bits per heavy atom. The van der Waals surface area contributed by atoms with Crippen LogP contribution in [0.4, 0.5) is 5.82 Å². The molecule has 0 amide bonds. The third-order valence-electron chi connectivity index (χ3n) is 4.16. The molecule has 0 radical (unpaired) electrons. The van der Waals surface area contributed by atoms with E-state index < -0.39 is 0 Å². The molecule has 0 aromatic carbocycles. The molecule has 18 heavy (non-hydrogen) atoms. The highest BCUT2D eigenvalue weighted by molar-refractivity contribution is 5.40. The first-order valence-corrected chi connectivity index (χ1v) is 7.38. The molecule has 1 N–H and O–H groups in total. The van der Waals surface area contributed by atoms with Crippen LogP contribution in [-0.2, 0) is 0 Å². The van der Waals surface area contributed by atoms with Crippen molar-refractivity contribution in [2.24, 2.45) is 0 Å². The van der Waals surface area contributed by atoms with Gasteiger partial charge in [0.1, 0.15) is 5.82 Å². The summed E-state index contributed by atoms with van der Waals surface area (Å²) in [4.78, 5) is 7.12.